The standard InChI is InChI=1S/C20H24N2O3S2/c1-13-10-20(24,6-7-25-13)15-9-18(26-12-15)27-16-4-5-17-14(8-16)11-21(2)19(23)22(17)3/h4-5,8-9,12-13,24H,6-7,10-11H2,1-3H3/t13-,20+/m0/s1. The molecular formula is C20H24N2O3S2. The van der Waals surface area contributed by atoms with Crippen LogP contribution in [0.1, 0.15) is 30.9 Å². The molecule has 144 valence electrons. The second kappa shape index (κ2) is 7.13. The first-order valence-corrected chi connectivity index (χ1v) is 10.8. The van der Waals surface area contributed by atoms with Gasteiger partial charge in [-0.05, 0) is 47.7 Å². The lowest BCUT2D eigenvalue weighted by Crippen LogP contribution is -2.42. The van der Waals surface area contributed by atoms with Crippen LogP contribution in [0.4, 0.5) is 10.5 Å². The number of carbonyl (C=O) groups excluding carboxylic acids is 1. The predicted molar refractivity (Wildman–Crippen MR) is 109 cm³/mol. The quantitative estimate of drug-likeness (QED) is 0.829. The topological polar surface area (TPSA) is 53.0 Å². The molecule has 2 aromatic rings. The highest BCUT2D eigenvalue weighted by molar-refractivity contribution is 8.01. The molecule has 0 aliphatic carbocycles. The van der Waals surface area contributed by atoms with Crippen LogP contribution in [0.5, 0.6) is 0 Å². The molecule has 0 spiro atoms. The number of hydrogen-bond donors (Lipinski definition) is 1. The van der Waals surface area contributed by atoms with Crippen LogP contribution >= 0.6 is 23.1 Å². The lowest BCUT2D eigenvalue weighted by atomic mass is 9.86. The normalized spacial score (nSPS) is 25.6. The number of aliphatic hydroxyl groups is 1. The maximum absolute atomic E-state index is 12.1. The molecule has 27 heavy (non-hydrogen) atoms. The zero-order chi connectivity index (χ0) is 19.2. The van der Waals surface area contributed by atoms with E-state index in [1.807, 2.05) is 27.1 Å². The van der Waals surface area contributed by atoms with E-state index >= 15 is 0 Å². The molecule has 0 bridgehead atoms. The third kappa shape index (κ3) is 3.61. The van der Waals surface area contributed by atoms with E-state index < -0.39 is 5.60 Å². The molecule has 7 heteroatoms. The summed E-state index contributed by atoms with van der Waals surface area (Å²) in [5.41, 5.74) is 2.33. The van der Waals surface area contributed by atoms with Crippen molar-refractivity contribution >= 4 is 34.8 Å². The van der Waals surface area contributed by atoms with E-state index in [0.29, 0.717) is 26.0 Å². The molecule has 1 aromatic heterocycles. The number of anilines is 1. The summed E-state index contributed by atoms with van der Waals surface area (Å²) in [4.78, 5) is 16.6. The van der Waals surface area contributed by atoms with Gasteiger partial charge in [0, 0.05) is 38.4 Å². The molecule has 0 radical (unpaired) electrons. The Hall–Kier alpha value is -1.54. The molecule has 0 saturated carbocycles. The number of ether oxygens (including phenoxy) is 1. The van der Waals surface area contributed by atoms with Gasteiger partial charge in [-0.15, -0.1) is 11.3 Å². The molecule has 1 fully saturated rings. The molecular weight excluding hydrogens is 380 g/mol. The van der Waals surface area contributed by atoms with Gasteiger partial charge in [0.1, 0.15) is 0 Å². The number of thiophene rings is 1. The molecule has 1 N–H and O–H groups in total. The maximum Gasteiger partial charge on any atom is 0.324 e. The van der Waals surface area contributed by atoms with Gasteiger partial charge >= 0.3 is 6.03 Å². The molecule has 5 nitrogen and oxygen atoms in total. The van der Waals surface area contributed by atoms with Crippen LogP contribution in [0.25, 0.3) is 0 Å². The predicted octanol–water partition coefficient (Wildman–Crippen LogP) is 4.29. The van der Waals surface area contributed by atoms with Crippen LogP contribution in [-0.4, -0.2) is 42.8 Å². The Labute approximate surface area is 167 Å². The van der Waals surface area contributed by atoms with Gasteiger partial charge in [0.25, 0.3) is 0 Å². The molecule has 1 saturated heterocycles. The number of urea groups is 1. The van der Waals surface area contributed by atoms with E-state index in [2.05, 4.69) is 23.6 Å². The highest BCUT2D eigenvalue weighted by atomic mass is 32.2. The SMILES string of the molecule is C[C@H]1C[C@@](O)(c2csc(Sc3ccc4c(c3)CN(C)C(=O)N4C)c2)CCO1. The Morgan fingerprint density at radius 3 is 2.93 bits per heavy atom. The van der Waals surface area contributed by atoms with Crippen LogP contribution < -0.4 is 4.90 Å². The lowest BCUT2D eigenvalue weighted by molar-refractivity contribution is -0.101. The molecule has 2 amide bonds. The van der Waals surface area contributed by atoms with Gasteiger partial charge < -0.3 is 14.7 Å². The number of benzene rings is 1. The van der Waals surface area contributed by atoms with Crippen LogP contribution in [0, 0.1) is 0 Å². The molecule has 1 aromatic carbocycles. The monoisotopic (exact) mass is 404 g/mol. The van der Waals surface area contributed by atoms with Gasteiger partial charge in [0.15, 0.2) is 0 Å². The van der Waals surface area contributed by atoms with Gasteiger partial charge in [-0.2, -0.15) is 0 Å². The van der Waals surface area contributed by atoms with Crippen LogP contribution in [0.3, 0.4) is 0 Å². The average Bonchev–Trinajstić information content (AvgIpc) is 3.09. The van der Waals surface area contributed by atoms with Crippen molar-refractivity contribution in [2.45, 2.75) is 47.1 Å². The van der Waals surface area contributed by atoms with Gasteiger partial charge in [0.2, 0.25) is 0 Å². The van der Waals surface area contributed by atoms with Crippen LogP contribution in [0.15, 0.2) is 38.8 Å². The molecule has 0 unspecified atom stereocenters. The Morgan fingerprint density at radius 1 is 1.33 bits per heavy atom. The van der Waals surface area contributed by atoms with Crippen molar-refractivity contribution in [2.75, 3.05) is 25.6 Å². The summed E-state index contributed by atoms with van der Waals surface area (Å²) in [5.74, 6) is 0. The van der Waals surface area contributed by atoms with E-state index in [1.54, 1.807) is 32.9 Å². The van der Waals surface area contributed by atoms with E-state index in [1.165, 1.54) is 0 Å². The largest absolute Gasteiger partial charge is 0.385 e. The van der Waals surface area contributed by atoms with Crippen molar-refractivity contribution in [3.8, 4) is 0 Å². The van der Waals surface area contributed by atoms with E-state index in [-0.39, 0.29) is 12.1 Å². The summed E-state index contributed by atoms with van der Waals surface area (Å²) in [6, 6.07) is 8.36. The van der Waals surface area contributed by atoms with Gasteiger partial charge in [0.05, 0.1) is 28.2 Å². The Morgan fingerprint density at radius 2 is 2.15 bits per heavy atom. The van der Waals surface area contributed by atoms with E-state index in [9.17, 15) is 9.90 Å². The number of carbonyl (C=O) groups is 1. The Bertz CT molecular complexity index is 869. The third-order valence-electron chi connectivity index (χ3n) is 5.31. The smallest absolute Gasteiger partial charge is 0.324 e. The molecule has 2 atom stereocenters. The highest BCUT2D eigenvalue weighted by Gasteiger charge is 2.35. The molecule has 3 heterocycles. The fraction of sp³-hybridized carbons (Fsp3) is 0.450. The van der Waals surface area contributed by atoms with Crippen molar-refractivity contribution in [1.29, 1.82) is 0 Å². The summed E-state index contributed by atoms with van der Waals surface area (Å²) in [5, 5.41) is 13.1. The lowest BCUT2D eigenvalue weighted by Gasteiger charge is -2.35. The van der Waals surface area contributed by atoms with Crippen molar-refractivity contribution in [1.82, 2.24) is 4.90 Å². The van der Waals surface area contributed by atoms with Gasteiger partial charge in [-0.1, -0.05) is 11.8 Å². The van der Waals surface area contributed by atoms with Gasteiger partial charge in [-0.3, -0.25) is 4.90 Å². The minimum absolute atomic E-state index is 0.0183. The van der Waals surface area contributed by atoms with Crippen LogP contribution in [0.2, 0.25) is 0 Å². The zero-order valence-electron chi connectivity index (χ0n) is 15.8. The average molecular weight is 405 g/mol. The Balaban J connectivity index is 1.53. The number of nitrogens with zero attached hydrogens (tertiary/aromatic N) is 2. The number of fused-ring (bicyclic) bond motifs is 1. The minimum atomic E-state index is -0.783. The van der Waals surface area contributed by atoms with Gasteiger partial charge in [-0.25, -0.2) is 4.79 Å². The first kappa shape index (κ1) is 18.8. The second-order valence-corrected chi connectivity index (χ2v) is 9.70. The first-order chi connectivity index (χ1) is 12.9. The summed E-state index contributed by atoms with van der Waals surface area (Å²) in [6.45, 7) is 3.23. The van der Waals surface area contributed by atoms with E-state index in [4.69, 9.17) is 4.74 Å². The molecule has 2 aliphatic heterocycles. The number of amides is 2. The maximum atomic E-state index is 12.1. The van der Waals surface area contributed by atoms with Crippen molar-refractivity contribution < 1.29 is 14.6 Å². The van der Waals surface area contributed by atoms with Crippen molar-refractivity contribution in [3.63, 3.8) is 0 Å². The summed E-state index contributed by atoms with van der Waals surface area (Å²) in [7, 11) is 3.63. The minimum Gasteiger partial charge on any atom is -0.385 e. The van der Waals surface area contributed by atoms with E-state index in [0.717, 1.165) is 25.9 Å². The fourth-order valence-corrected chi connectivity index (χ4v) is 5.93. The van der Waals surface area contributed by atoms with Crippen molar-refractivity contribution in [3.05, 3.63) is 40.8 Å². The fourth-order valence-electron chi connectivity index (χ4n) is 3.82. The third-order valence-corrected chi connectivity index (χ3v) is 7.38. The summed E-state index contributed by atoms with van der Waals surface area (Å²) >= 11 is 3.37. The summed E-state index contributed by atoms with van der Waals surface area (Å²) in [6.07, 6.45) is 1.36. The highest BCUT2D eigenvalue weighted by Crippen LogP contribution is 2.41. The number of rotatable bonds is 3. The summed E-state index contributed by atoms with van der Waals surface area (Å²) < 4.78 is 6.74. The second-order valence-electron chi connectivity index (χ2n) is 7.41. The van der Waals surface area contributed by atoms with Crippen molar-refractivity contribution in [2.24, 2.45) is 0 Å². The Kier molecular flexibility index (Phi) is 4.96. The molecule has 2 aliphatic rings. The first-order valence-electron chi connectivity index (χ1n) is 9.08. The van der Waals surface area contributed by atoms with Crippen LogP contribution in [-0.2, 0) is 16.9 Å². The molecule has 4 rings (SSSR count). The zero-order valence-corrected chi connectivity index (χ0v) is 17.4. The number of hydrogen-bond acceptors (Lipinski definition) is 5.